The van der Waals surface area contributed by atoms with Gasteiger partial charge in [-0.05, 0) is 6.42 Å². The van der Waals surface area contributed by atoms with Crippen molar-refractivity contribution in [2.24, 2.45) is 7.05 Å². The van der Waals surface area contributed by atoms with Crippen LogP contribution in [-0.4, -0.2) is 23.3 Å². The summed E-state index contributed by atoms with van der Waals surface area (Å²) < 4.78 is 84.3. The molecule has 0 unspecified atom stereocenters. The minimum absolute atomic E-state index is 0.353. The van der Waals surface area contributed by atoms with E-state index in [1.165, 1.54) is 12.8 Å². The number of halogens is 7. The van der Waals surface area contributed by atoms with Gasteiger partial charge in [0.05, 0.1) is 13.6 Å². The molecule has 126 valence electrons. The Morgan fingerprint density at radius 2 is 1.77 bits per heavy atom. The van der Waals surface area contributed by atoms with Gasteiger partial charge in [0.15, 0.2) is 0 Å². The first-order valence-electron chi connectivity index (χ1n) is 6.27. The fourth-order valence-electron chi connectivity index (χ4n) is 1.26. The fourth-order valence-corrected chi connectivity index (χ4v) is 1.26. The zero-order valence-electron chi connectivity index (χ0n) is 11.9. The first kappa shape index (κ1) is 20.3. The Labute approximate surface area is 123 Å². The highest BCUT2D eigenvalue weighted by molar-refractivity contribution is 6.76. The van der Waals surface area contributed by atoms with E-state index in [2.05, 4.69) is 34.8 Å². The number of hydrogen-bond acceptors (Lipinski definition) is 1. The van der Waals surface area contributed by atoms with Gasteiger partial charge >= 0.3 is 12.9 Å². The minimum atomic E-state index is -6.40. The summed E-state index contributed by atoms with van der Waals surface area (Å²) in [7, 11) is 2.04. The Hall–Kier alpha value is -1.73. The van der Waals surface area contributed by atoms with Gasteiger partial charge < -0.3 is 8.63 Å². The van der Waals surface area contributed by atoms with Gasteiger partial charge in [0, 0.05) is 0 Å². The van der Waals surface area contributed by atoms with Crippen LogP contribution in [0.3, 0.4) is 0 Å². The number of nitrogens with zero attached hydrogens (tertiary/aromatic N) is 3. The molecular weight excluding hydrogens is 318 g/mol. The van der Waals surface area contributed by atoms with E-state index in [4.69, 9.17) is 5.26 Å². The first-order valence-corrected chi connectivity index (χ1v) is 6.27. The summed E-state index contributed by atoms with van der Waals surface area (Å²) in [6, 6.07) is 0. The molecule has 22 heavy (non-hydrogen) atoms. The van der Waals surface area contributed by atoms with Crippen molar-refractivity contribution in [3.63, 3.8) is 0 Å². The van der Waals surface area contributed by atoms with Crippen molar-refractivity contribution < 1.29 is 35.2 Å². The molecule has 0 fully saturated rings. The second-order valence-electron chi connectivity index (χ2n) is 4.58. The topological polar surface area (TPSA) is 32.6 Å². The summed E-state index contributed by atoms with van der Waals surface area (Å²) in [5, 5.41) is 7.34. The van der Waals surface area contributed by atoms with Gasteiger partial charge in [-0.25, -0.2) is 23.2 Å². The van der Waals surface area contributed by atoms with Crippen molar-refractivity contribution in [1.82, 2.24) is 4.57 Å². The van der Waals surface area contributed by atoms with Crippen molar-refractivity contribution in [2.45, 2.75) is 38.3 Å². The van der Waals surface area contributed by atoms with Gasteiger partial charge in [-0.1, -0.05) is 19.3 Å². The van der Waals surface area contributed by atoms with Gasteiger partial charge in [-0.3, -0.25) is 0 Å². The normalized spacial score (nSPS) is 12.4. The molecule has 1 heterocycles. The summed E-state index contributed by atoms with van der Waals surface area (Å²) in [5.41, 5.74) is 0. The minimum Gasteiger partial charge on any atom is -0.461 e. The highest BCUT2D eigenvalue weighted by Crippen LogP contribution is 2.43. The predicted molar refractivity (Wildman–Crippen MR) is 65.1 cm³/mol. The molecule has 0 amide bonds. The highest BCUT2D eigenvalue weighted by atomic mass is 19.4. The van der Waals surface area contributed by atoms with E-state index < -0.39 is 18.7 Å². The summed E-state index contributed by atoms with van der Waals surface area (Å²) in [6.45, 7) is -3.03. The fraction of sp³-hybridized carbons (Fsp3) is 0.636. The number of aryl methyl sites for hydroxylation is 2. The summed E-state index contributed by atoms with van der Waals surface area (Å²) in [4.78, 5) is 0. The SMILES string of the molecule is CCCCn1cc[n+](C)c1.N#C[B-](F)(F)C(F)(F)C(F)(F)F. The largest absolute Gasteiger partial charge is 0.484 e. The third kappa shape index (κ3) is 5.24. The molecule has 0 aromatic carbocycles. The van der Waals surface area contributed by atoms with Crippen molar-refractivity contribution in [3.8, 4) is 5.97 Å². The molecule has 0 saturated carbocycles. The molecule has 0 atom stereocenters. The van der Waals surface area contributed by atoms with Crippen LogP contribution < -0.4 is 4.57 Å². The lowest BCUT2D eigenvalue weighted by Crippen LogP contribution is -2.55. The van der Waals surface area contributed by atoms with Gasteiger partial charge in [-0.2, -0.15) is 13.2 Å². The lowest BCUT2D eigenvalue weighted by atomic mass is 9.59. The lowest BCUT2D eigenvalue weighted by Gasteiger charge is -2.29. The van der Waals surface area contributed by atoms with Crippen molar-refractivity contribution in [2.75, 3.05) is 0 Å². The molecule has 11 heteroatoms. The Balaban J connectivity index is 0.000000406. The Morgan fingerprint density at radius 1 is 1.23 bits per heavy atom. The maximum Gasteiger partial charge on any atom is 0.484 e. The summed E-state index contributed by atoms with van der Waals surface area (Å²) in [6.07, 6.45) is 2.42. The average molecular weight is 333 g/mol. The van der Waals surface area contributed by atoms with Crippen molar-refractivity contribution >= 4 is 6.70 Å². The highest BCUT2D eigenvalue weighted by Gasteiger charge is 2.68. The number of unbranched alkanes of at least 4 members (excludes halogenated alkanes) is 1. The number of imidazole rings is 1. The molecule has 0 N–H and O–H groups in total. The third-order valence-electron chi connectivity index (χ3n) is 2.59. The van der Waals surface area contributed by atoms with Crippen molar-refractivity contribution in [1.29, 1.82) is 5.26 Å². The molecule has 0 bridgehead atoms. The zero-order chi connectivity index (χ0) is 17.6. The molecule has 1 aromatic rings. The third-order valence-corrected chi connectivity index (χ3v) is 2.59. The van der Waals surface area contributed by atoms with E-state index in [-0.39, 0.29) is 5.97 Å². The standard InChI is InChI=1S/C8H15N2.C3BF7N/c1-3-4-5-10-7-6-9(2)8-10;5-2(6,3(7,8)9)4(10,11)1-12/h6-8H,3-5H2,1-2H3;/q+1;-1. The molecule has 3 nitrogen and oxygen atoms in total. The van der Waals surface area contributed by atoms with E-state index in [1.807, 2.05) is 7.05 Å². The van der Waals surface area contributed by atoms with E-state index >= 15 is 0 Å². The second-order valence-corrected chi connectivity index (χ2v) is 4.58. The molecule has 0 spiro atoms. The van der Waals surface area contributed by atoms with Crippen LogP contribution in [0.2, 0.25) is 0 Å². The lowest BCUT2D eigenvalue weighted by molar-refractivity contribution is -0.671. The van der Waals surface area contributed by atoms with Crippen LogP contribution in [-0.2, 0) is 13.6 Å². The van der Waals surface area contributed by atoms with Crippen LogP contribution >= 0.6 is 0 Å². The molecule has 0 radical (unpaired) electrons. The first-order chi connectivity index (χ1) is 9.89. The van der Waals surface area contributed by atoms with Crippen LogP contribution in [0.15, 0.2) is 18.7 Å². The molecule has 0 aliphatic heterocycles. The smallest absolute Gasteiger partial charge is 0.461 e. The summed E-state index contributed by atoms with van der Waals surface area (Å²) >= 11 is 0. The van der Waals surface area contributed by atoms with E-state index in [9.17, 15) is 30.6 Å². The molecule has 1 aromatic heterocycles. The van der Waals surface area contributed by atoms with Gasteiger partial charge in [-0.15, -0.1) is 0 Å². The van der Waals surface area contributed by atoms with Gasteiger partial charge in [0.1, 0.15) is 12.4 Å². The number of rotatable bonds is 4. The Kier molecular flexibility index (Phi) is 6.92. The maximum atomic E-state index is 11.7. The predicted octanol–water partition coefficient (Wildman–Crippen LogP) is 3.28. The number of nitriles is 1. The molecular formula is C11H15BF7N3. The molecule has 0 aliphatic rings. The van der Waals surface area contributed by atoms with Crippen LogP contribution in [0.1, 0.15) is 19.8 Å². The Bertz CT molecular complexity index is 505. The monoisotopic (exact) mass is 333 g/mol. The van der Waals surface area contributed by atoms with Crippen LogP contribution in [0, 0.1) is 11.2 Å². The number of alkyl halides is 5. The average Bonchev–Trinajstić information content (AvgIpc) is 2.81. The zero-order valence-corrected chi connectivity index (χ0v) is 11.9. The summed E-state index contributed by atoms with van der Waals surface area (Å²) in [5.74, 6) is -6.60. The maximum absolute atomic E-state index is 11.7. The van der Waals surface area contributed by atoms with Crippen LogP contribution in [0.4, 0.5) is 30.6 Å². The van der Waals surface area contributed by atoms with E-state index in [0.29, 0.717) is 0 Å². The van der Waals surface area contributed by atoms with Gasteiger partial charge in [0.25, 0.3) is 5.82 Å². The number of hydrogen-bond donors (Lipinski definition) is 0. The van der Waals surface area contributed by atoms with E-state index in [0.717, 1.165) is 6.54 Å². The quantitative estimate of drug-likeness (QED) is 0.473. The number of aromatic nitrogens is 2. The Morgan fingerprint density at radius 3 is 2.05 bits per heavy atom. The van der Waals surface area contributed by atoms with Gasteiger partial charge in [0.2, 0.25) is 6.33 Å². The van der Waals surface area contributed by atoms with Crippen LogP contribution in [0.5, 0.6) is 0 Å². The molecule has 1 rings (SSSR count). The van der Waals surface area contributed by atoms with Crippen molar-refractivity contribution in [3.05, 3.63) is 18.7 Å². The molecule has 0 aliphatic carbocycles. The second kappa shape index (κ2) is 7.51. The van der Waals surface area contributed by atoms with E-state index in [1.54, 1.807) is 0 Å². The van der Waals surface area contributed by atoms with Crippen LogP contribution in [0.25, 0.3) is 0 Å². The molecule has 0 saturated heterocycles.